The van der Waals surface area contributed by atoms with E-state index >= 15 is 0 Å². The van der Waals surface area contributed by atoms with Crippen LogP contribution >= 0.6 is 0 Å². The van der Waals surface area contributed by atoms with Crippen molar-refractivity contribution in [3.63, 3.8) is 0 Å². The summed E-state index contributed by atoms with van der Waals surface area (Å²) in [7, 11) is -3.17. The first kappa shape index (κ1) is 12.1. The Bertz CT molecular complexity index is 634. The standard InChI is InChI=1S/C11H13FN2O2S/c1-17(15,16)14-5-4-8-7-13-11-3-2-9(12)6-10(8)11/h2-3,6-7,13-14H,4-5H2,1H3. The molecule has 0 aliphatic carbocycles. The molecule has 0 fully saturated rings. The van der Waals surface area contributed by atoms with Crippen molar-refractivity contribution in [2.45, 2.75) is 6.42 Å². The van der Waals surface area contributed by atoms with Gasteiger partial charge in [-0.05, 0) is 30.2 Å². The van der Waals surface area contributed by atoms with E-state index in [-0.39, 0.29) is 5.82 Å². The molecule has 17 heavy (non-hydrogen) atoms. The molecule has 0 aliphatic rings. The highest BCUT2D eigenvalue weighted by Gasteiger charge is 2.06. The number of hydrogen-bond acceptors (Lipinski definition) is 2. The van der Waals surface area contributed by atoms with Gasteiger partial charge in [-0.3, -0.25) is 0 Å². The van der Waals surface area contributed by atoms with E-state index in [1.165, 1.54) is 12.1 Å². The lowest BCUT2D eigenvalue weighted by Crippen LogP contribution is -2.24. The van der Waals surface area contributed by atoms with Crippen molar-refractivity contribution in [2.75, 3.05) is 12.8 Å². The first-order valence-corrected chi connectivity index (χ1v) is 7.05. The molecule has 1 aromatic carbocycles. The normalized spacial score (nSPS) is 12.1. The minimum atomic E-state index is -3.17. The van der Waals surface area contributed by atoms with Crippen molar-refractivity contribution in [3.05, 3.63) is 35.8 Å². The quantitative estimate of drug-likeness (QED) is 0.868. The molecule has 0 saturated heterocycles. The van der Waals surface area contributed by atoms with Crippen LogP contribution in [0.2, 0.25) is 0 Å². The summed E-state index contributed by atoms with van der Waals surface area (Å²) in [6.45, 7) is 0.308. The number of nitrogens with one attached hydrogen (secondary N) is 2. The van der Waals surface area contributed by atoms with Crippen molar-refractivity contribution in [1.29, 1.82) is 0 Å². The monoisotopic (exact) mass is 256 g/mol. The van der Waals surface area contributed by atoms with E-state index in [0.29, 0.717) is 13.0 Å². The van der Waals surface area contributed by atoms with Crippen LogP contribution in [0.3, 0.4) is 0 Å². The van der Waals surface area contributed by atoms with Crippen molar-refractivity contribution >= 4 is 20.9 Å². The van der Waals surface area contributed by atoms with Gasteiger partial charge in [0.25, 0.3) is 0 Å². The van der Waals surface area contributed by atoms with Crippen LogP contribution in [-0.4, -0.2) is 26.2 Å². The third-order valence-electron chi connectivity index (χ3n) is 2.49. The highest BCUT2D eigenvalue weighted by Crippen LogP contribution is 2.19. The smallest absolute Gasteiger partial charge is 0.208 e. The molecule has 0 atom stereocenters. The fourth-order valence-electron chi connectivity index (χ4n) is 1.73. The maximum atomic E-state index is 13.1. The lowest BCUT2D eigenvalue weighted by molar-refractivity contribution is 0.588. The molecule has 0 saturated carbocycles. The zero-order chi connectivity index (χ0) is 12.5. The Morgan fingerprint density at radius 3 is 2.88 bits per heavy atom. The van der Waals surface area contributed by atoms with Crippen molar-refractivity contribution < 1.29 is 12.8 Å². The maximum Gasteiger partial charge on any atom is 0.208 e. The summed E-state index contributed by atoms with van der Waals surface area (Å²) in [5, 5.41) is 0.792. The van der Waals surface area contributed by atoms with Gasteiger partial charge in [-0.1, -0.05) is 0 Å². The van der Waals surface area contributed by atoms with Crippen molar-refractivity contribution in [3.8, 4) is 0 Å². The third kappa shape index (κ3) is 3.04. The second-order valence-corrected chi connectivity index (χ2v) is 5.75. The SMILES string of the molecule is CS(=O)(=O)NCCc1c[nH]c2ccc(F)cc12. The minimum Gasteiger partial charge on any atom is -0.361 e. The number of rotatable bonds is 4. The summed E-state index contributed by atoms with van der Waals surface area (Å²) in [6.07, 6.45) is 3.41. The Labute approximate surface area is 98.9 Å². The van der Waals surface area contributed by atoms with Crippen molar-refractivity contribution in [1.82, 2.24) is 9.71 Å². The van der Waals surface area contributed by atoms with Crippen LogP contribution in [0.4, 0.5) is 4.39 Å². The largest absolute Gasteiger partial charge is 0.361 e. The summed E-state index contributed by atoms with van der Waals surface area (Å²) in [6, 6.07) is 4.50. The topological polar surface area (TPSA) is 62.0 Å². The van der Waals surface area contributed by atoms with Crippen LogP contribution < -0.4 is 4.72 Å². The molecule has 1 heterocycles. The van der Waals surface area contributed by atoms with Gasteiger partial charge < -0.3 is 4.98 Å². The van der Waals surface area contributed by atoms with Gasteiger partial charge in [-0.25, -0.2) is 17.5 Å². The molecule has 0 amide bonds. The molecular formula is C11H13FN2O2S. The second kappa shape index (κ2) is 4.46. The number of benzene rings is 1. The molecule has 0 bridgehead atoms. The highest BCUT2D eigenvalue weighted by molar-refractivity contribution is 7.88. The number of halogens is 1. The van der Waals surface area contributed by atoms with Gasteiger partial charge in [0.05, 0.1) is 6.26 Å². The minimum absolute atomic E-state index is 0.297. The Morgan fingerprint density at radius 1 is 1.41 bits per heavy atom. The van der Waals surface area contributed by atoms with Crippen LogP contribution in [0.5, 0.6) is 0 Å². The first-order valence-electron chi connectivity index (χ1n) is 5.16. The van der Waals surface area contributed by atoms with Crippen molar-refractivity contribution in [2.24, 2.45) is 0 Å². The van der Waals surface area contributed by atoms with Crippen LogP contribution in [0, 0.1) is 5.82 Å². The Kier molecular flexibility index (Phi) is 3.17. The zero-order valence-corrected chi connectivity index (χ0v) is 10.1. The summed E-state index contributed by atoms with van der Waals surface area (Å²) >= 11 is 0. The first-order chi connectivity index (χ1) is 7.96. The Morgan fingerprint density at radius 2 is 2.18 bits per heavy atom. The van der Waals surface area contributed by atoms with Gasteiger partial charge in [0.1, 0.15) is 5.82 Å². The molecule has 0 spiro atoms. The average molecular weight is 256 g/mol. The summed E-state index contributed by atoms with van der Waals surface area (Å²) in [5.41, 5.74) is 1.75. The fourth-order valence-corrected chi connectivity index (χ4v) is 2.20. The molecule has 6 heteroatoms. The third-order valence-corrected chi connectivity index (χ3v) is 3.22. The number of fused-ring (bicyclic) bond motifs is 1. The van der Waals surface area contributed by atoms with E-state index < -0.39 is 10.0 Å². The molecule has 2 aromatic rings. The molecule has 0 unspecified atom stereocenters. The zero-order valence-electron chi connectivity index (χ0n) is 9.33. The van der Waals surface area contributed by atoms with E-state index in [9.17, 15) is 12.8 Å². The molecule has 2 rings (SSSR count). The number of H-pyrrole nitrogens is 1. The predicted molar refractivity (Wildman–Crippen MR) is 64.8 cm³/mol. The Balaban J connectivity index is 2.16. The molecule has 4 nitrogen and oxygen atoms in total. The molecular weight excluding hydrogens is 243 g/mol. The van der Waals surface area contributed by atoms with Gasteiger partial charge in [-0.15, -0.1) is 0 Å². The van der Waals surface area contributed by atoms with Gasteiger partial charge in [0, 0.05) is 23.6 Å². The maximum absolute atomic E-state index is 13.1. The van der Waals surface area contributed by atoms with E-state index in [1.807, 2.05) is 0 Å². The van der Waals surface area contributed by atoms with Gasteiger partial charge in [-0.2, -0.15) is 0 Å². The average Bonchev–Trinajstić information content (AvgIpc) is 2.59. The molecule has 0 radical (unpaired) electrons. The van der Waals surface area contributed by atoms with Gasteiger partial charge in [0.2, 0.25) is 10.0 Å². The molecule has 0 aliphatic heterocycles. The van der Waals surface area contributed by atoms with E-state index in [1.54, 1.807) is 12.3 Å². The summed E-state index contributed by atoms with van der Waals surface area (Å²) in [4.78, 5) is 3.02. The fraction of sp³-hybridized carbons (Fsp3) is 0.273. The summed E-state index contributed by atoms with van der Waals surface area (Å²) < 4.78 is 37.3. The number of aromatic amines is 1. The lowest BCUT2D eigenvalue weighted by Gasteiger charge is -2.01. The predicted octanol–water partition coefficient (Wildman–Crippen LogP) is 1.40. The van der Waals surface area contributed by atoms with Gasteiger partial charge in [0.15, 0.2) is 0 Å². The number of hydrogen-bond donors (Lipinski definition) is 2. The van der Waals surface area contributed by atoms with E-state index in [4.69, 9.17) is 0 Å². The van der Waals surface area contributed by atoms with Crippen LogP contribution in [0.1, 0.15) is 5.56 Å². The highest BCUT2D eigenvalue weighted by atomic mass is 32.2. The summed E-state index contributed by atoms with van der Waals surface area (Å²) in [5.74, 6) is -0.297. The Hall–Kier alpha value is -1.40. The lowest BCUT2D eigenvalue weighted by atomic mass is 10.1. The van der Waals surface area contributed by atoms with E-state index in [2.05, 4.69) is 9.71 Å². The van der Waals surface area contributed by atoms with Crippen LogP contribution in [0.25, 0.3) is 10.9 Å². The van der Waals surface area contributed by atoms with E-state index in [0.717, 1.165) is 22.7 Å². The number of sulfonamides is 1. The molecule has 1 aromatic heterocycles. The van der Waals surface area contributed by atoms with Gasteiger partial charge >= 0.3 is 0 Å². The second-order valence-electron chi connectivity index (χ2n) is 3.92. The molecule has 2 N–H and O–H groups in total. The molecule has 92 valence electrons. The van der Waals surface area contributed by atoms with Crippen LogP contribution in [0.15, 0.2) is 24.4 Å². The van der Waals surface area contributed by atoms with Crippen LogP contribution in [-0.2, 0) is 16.4 Å². The number of aromatic nitrogens is 1.